The van der Waals surface area contributed by atoms with Crippen molar-refractivity contribution in [3.8, 4) is 0 Å². The lowest BCUT2D eigenvalue weighted by Gasteiger charge is -2.32. The molecule has 27 heavy (non-hydrogen) atoms. The molecule has 2 aliphatic rings. The fourth-order valence-electron chi connectivity index (χ4n) is 3.52. The molecule has 0 spiro atoms. The molecule has 1 amide bonds. The lowest BCUT2D eigenvalue weighted by atomic mass is 10.1. The Morgan fingerprint density at radius 1 is 1.33 bits per heavy atom. The number of rotatable bonds is 4. The van der Waals surface area contributed by atoms with E-state index in [0.717, 1.165) is 17.0 Å². The standard InChI is InChI=1S/C17H17N3O5S2/c1-25-17(22)15-14(6-7-26-15)27(23,24)19-10-8-13-16(21)18-11-4-2-3-5-12(11)20(13)9-10/h2-7,10,13,19H,8-9H2,1H3,(H,18,21). The van der Waals surface area contributed by atoms with Crippen LogP contribution in [0.1, 0.15) is 16.1 Å². The van der Waals surface area contributed by atoms with Crippen LogP contribution >= 0.6 is 11.3 Å². The molecule has 1 fully saturated rings. The van der Waals surface area contributed by atoms with E-state index in [0.29, 0.717) is 18.7 Å². The molecular weight excluding hydrogens is 390 g/mol. The van der Waals surface area contributed by atoms with Crippen molar-refractivity contribution in [3.63, 3.8) is 0 Å². The third-order valence-electron chi connectivity index (χ3n) is 4.69. The van der Waals surface area contributed by atoms with Gasteiger partial charge in [-0.3, -0.25) is 4.79 Å². The van der Waals surface area contributed by atoms with Crippen molar-refractivity contribution in [1.29, 1.82) is 0 Å². The summed E-state index contributed by atoms with van der Waals surface area (Å²) in [7, 11) is -2.72. The Balaban J connectivity index is 1.58. The van der Waals surface area contributed by atoms with Crippen LogP contribution in [0.15, 0.2) is 40.6 Å². The van der Waals surface area contributed by atoms with Crippen LogP contribution in [0.25, 0.3) is 0 Å². The number of anilines is 2. The summed E-state index contributed by atoms with van der Waals surface area (Å²) in [6.45, 7) is 0.367. The number of nitrogens with zero attached hydrogens (tertiary/aromatic N) is 1. The second-order valence-electron chi connectivity index (χ2n) is 6.33. The molecule has 2 aromatic rings. The highest BCUT2D eigenvalue weighted by atomic mass is 32.2. The van der Waals surface area contributed by atoms with Gasteiger partial charge in [-0.2, -0.15) is 0 Å². The van der Waals surface area contributed by atoms with Crippen LogP contribution in [-0.4, -0.2) is 46.0 Å². The number of carbonyl (C=O) groups excluding carboxylic acids is 2. The SMILES string of the molecule is COC(=O)c1sccc1S(=O)(=O)NC1CC2C(=O)Nc3ccccc3N2C1. The summed E-state index contributed by atoms with van der Waals surface area (Å²) in [6.07, 6.45) is 0.344. The van der Waals surface area contributed by atoms with E-state index in [2.05, 4.69) is 14.8 Å². The van der Waals surface area contributed by atoms with Crippen molar-refractivity contribution in [2.75, 3.05) is 23.9 Å². The molecule has 0 radical (unpaired) electrons. The maximum Gasteiger partial charge on any atom is 0.349 e. The highest BCUT2D eigenvalue weighted by Gasteiger charge is 2.42. The average molecular weight is 407 g/mol. The van der Waals surface area contributed by atoms with Gasteiger partial charge in [0, 0.05) is 12.6 Å². The normalized spacial score (nSPS) is 21.4. The van der Waals surface area contributed by atoms with Gasteiger partial charge >= 0.3 is 5.97 Å². The molecule has 10 heteroatoms. The van der Waals surface area contributed by atoms with E-state index in [1.54, 1.807) is 0 Å². The number of para-hydroxylation sites is 2. The molecule has 3 heterocycles. The zero-order valence-electron chi connectivity index (χ0n) is 14.3. The van der Waals surface area contributed by atoms with Crippen LogP contribution in [0.4, 0.5) is 11.4 Å². The number of hydrogen-bond donors (Lipinski definition) is 2. The number of methoxy groups -OCH3 is 1. The first-order valence-corrected chi connectivity index (χ1v) is 10.6. The Hall–Kier alpha value is -2.43. The quantitative estimate of drug-likeness (QED) is 0.743. The largest absolute Gasteiger partial charge is 0.465 e. The Kier molecular flexibility index (Phi) is 4.41. The van der Waals surface area contributed by atoms with Crippen molar-refractivity contribution < 1.29 is 22.7 Å². The first kappa shape index (κ1) is 18.0. The molecule has 4 rings (SSSR count). The summed E-state index contributed by atoms with van der Waals surface area (Å²) in [4.78, 5) is 26.0. The summed E-state index contributed by atoms with van der Waals surface area (Å²) in [5.74, 6) is -0.844. The van der Waals surface area contributed by atoms with Crippen LogP contribution in [0.3, 0.4) is 0 Å². The number of benzene rings is 1. The number of amides is 1. The molecule has 0 bridgehead atoms. The van der Waals surface area contributed by atoms with E-state index >= 15 is 0 Å². The first-order chi connectivity index (χ1) is 12.9. The van der Waals surface area contributed by atoms with Gasteiger partial charge in [0.05, 0.1) is 18.5 Å². The van der Waals surface area contributed by atoms with Gasteiger partial charge in [0.1, 0.15) is 15.8 Å². The molecule has 8 nitrogen and oxygen atoms in total. The fourth-order valence-corrected chi connectivity index (χ4v) is 6.09. The predicted molar refractivity (Wildman–Crippen MR) is 101 cm³/mol. The third-order valence-corrected chi connectivity index (χ3v) is 7.27. The minimum absolute atomic E-state index is 0.0313. The smallest absolute Gasteiger partial charge is 0.349 e. The number of hydrogen-bond acceptors (Lipinski definition) is 7. The van der Waals surface area contributed by atoms with Gasteiger partial charge in [0.15, 0.2) is 0 Å². The van der Waals surface area contributed by atoms with Crippen molar-refractivity contribution in [1.82, 2.24) is 4.72 Å². The maximum absolute atomic E-state index is 12.8. The summed E-state index contributed by atoms with van der Waals surface area (Å²) >= 11 is 1.01. The molecule has 142 valence electrons. The first-order valence-electron chi connectivity index (χ1n) is 8.25. The van der Waals surface area contributed by atoms with Gasteiger partial charge in [-0.05, 0) is 30.0 Å². The van der Waals surface area contributed by atoms with E-state index in [1.807, 2.05) is 29.2 Å². The van der Waals surface area contributed by atoms with Crippen LogP contribution in [0.2, 0.25) is 0 Å². The van der Waals surface area contributed by atoms with Crippen LogP contribution < -0.4 is 14.9 Å². The lowest BCUT2D eigenvalue weighted by Crippen LogP contribution is -2.44. The maximum atomic E-state index is 12.8. The average Bonchev–Trinajstić information content (AvgIpc) is 3.28. The van der Waals surface area contributed by atoms with E-state index < -0.39 is 28.1 Å². The number of thiophene rings is 1. The number of fused-ring (bicyclic) bond motifs is 3. The van der Waals surface area contributed by atoms with Crippen molar-refractivity contribution in [2.45, 2.75) is 23.4 Å². The van der Waals surface area contributed by atoms with Crippen LogP contribution in [-0.2, 0) is 19.6 Å². The van der Waals surface area contributed by atoms with Gasteiger partial charge < -0.3 is 15.0 Å². The van der Waals surface area contributed by atoms with E-state index in [1.165, 1.54) is 18.6 Å². The number of esters is 1. The molecule has 2 unspecified atom stereocenters. The predicted octanol–water partition coefficient (Wildman–Crippen LogP) is 1.41. The number of carbonyl (C=O) groups is 2. The molecular formula is C17H17N3O5S2. The van der Waals surface area contributed by atoms with Gasteiger partial charge in [0.25, 0.3) is 0 Å². The summed E-state index contributed by atoms with van der Waals surface area (Å²) in [6, 6.07) is 7.91. The summed E-state index contributed by atoms with van der Waals surface area (Å²) in [5.41, 5.74) is 1.59. The third kappa shape index (κ3) is 3.09. The minimum atomic E-state index is -3.92. The molecule has 1 aromatic heterocycles. The van der Waals surface area contributed by atoms with Crippen molar-refractivity contribution in [2.24, 2.45) is 0 Å². The zero-order chi connectivity index (χ0) is 19.2. The second-order valence-corrected chi connectivity index (χ2v) is 8.93. The number of sulfonamides is 1. The Labute approximate surface area is 160 Å². The number of nitrogens with one attached hydrogen (secondary N) is 2. The minimum Gasteiger partial charge on any atom is -0.465 e. The topological polar surface area (TPSA) is 105 Å². The highest BCUT2D eigenvalue weighted by molar-refractivity contribution is 7.89. The number of ether oxygens (including phenoxy) is 1. The van der Waals surface area contributed by atoms with E-state index in [9.17, 15) is 18.0 Å². The van der Waals surface area contributed by atoms with Crippen molar-refractivity contribution in [3.05, 3.63) is 40.6 Å². The molecule has 0 aliphatic carbocycles. The Morgan fingerprint density at radius 2 is 2.11 bits per heavy atom. The molecule has 0 saturated carbocycles. The van der Waals surface area contributed by atoms with Gasteiger partial charge in [-0.25, -0.2) is 17.9 Å². The van der Waals surface area contributed by atoms with Crippen molar-refractivity contribution >= 4 is 44.6 Å². The van der Waals surface area contributed by atoms with E-state index in [4.69, 9.17) is 0 Å². The molecule has 1 aromatic carbocycles. The Morgan fingerprint density at radius 3 is 2.89 bits per heavy atom. The monoisotopic (exact) mass is 407 g/mol. The summed E-state index contributed by atoms with van der Waals surface area (Å²) in [5, 5.41) is 4.39. The van der Waals surface area contributed by atoms with E-state index in [-0.39, 0.29) is 15.7 Å². The van der Waals surface area contributed by atoms with Crippen LogP contribution in [0, 0.1) is 0 Å². The second kappa shape index (κ2) is 6.63. The van der Waals surface area contributed by atoms with Gasteiger partial charge in [0.2, 0.25) is 15.9 Å². The molecule has 2 N–H and O–H groups in total. The zero-order valence-corrected chi connectivity index (χ0v) is 16.0. The lowest BCUT2D eigenvalue weighted by molar-refractivity contribution is -0.117. The molecule has 1 saturated heterocycles. The fraction of sp³-hybridized carbons (Fsp3) is 0.294. The highest BCUT2D eigenvalue weighted by Crippen LogP contribution is 2.36. The molecule has 2 atom stereocenters. The summed E-state index contributed by atoms with van der Waals surface area (Å²) < 4.78 is 32.9. The van der Waals surface area contributed by atoms with Crippen LogP contribution in [0.5, 0.6) is 0 Å². The van der Waals surface area contributed by atoms with Gasteiger partial charge in [-0.15, -0.1) is 11.3 Å². The van der Waals surface area contributed by atoms with Gasteiger partial charge in [-0.1, -0.05) is 12.1 Å². The Bertz CT molecular complexity index is 1020. The molecule has 2 aliphatic heterocycles.